The first-order valence-electron chi connectivity index (χ1n) is 6.19. The molecule has 0 aliphatic rings. The first kappa shape index (κ1) is 15.0. The fraction of sp³-hybridized carbons (Fsp3) is 0.214. The summed E-state index contributed by atoms with van der Waals surface area (Å²) >= 11 is 1.27. The number of hydrogen-bond donors (Lipinski definition) is 1. The Morgan fingerprint density at radius 2 is 2.14 bits per heavy atom. The van der Waals surface area contributed by atoms with Crippen molar-refractivity contribution < 1.29 is 18.7 Å². The van der Waals surface area contributed by atoms with Crippen molar-refractivity contribution >= 4 is 28.2 Å². The molecule has 0 spiro atoms. The molecule has 0 atom stereocenters. The molecule has 0 unspecified atom stereocenters. The van der Waals surface area contributed by atoms with Gasteiger partial charge in [-0.05, 0) is 26.0 Å². The number of amides is 1. The summed E-state index contributed by atoms with van der Waals surface area (Å²) in [6.45, 7) is 3.79. The summed E-state index contributed by atoms with van der Waals surface area (Å²) in [4.78, 5) is 35.6. The lowest BCUT2D eigenvalue weighted by molar-refractivity contribution is 0.0528. The third-order valence-corrected chi connectivity index (χ3v) is 3.51. The molecular weight excluding hydrogens is 294 g/mol. The molecule has 0 radical (unpaired) electrons. The predicted molar refractivity (Wildman–Crippen MR) is 77.9 cm³/mol. The molecule has 0 aliphatic heterocycles. The van der Waals surface area contributed by atoms with E-state index in [-0.39, 0.29) is 12.2 Å². The largest absolute Gasteiger partial charge is 0.462 e. The van der Waals surface area contributed by atoms with Crippen molar-refractivity contribution in [2.24, 2.45) is 0 Å². The predicted octanol–water partition coefficient (Wildman–Crippen LogP) is 2.44. The highest BCUT2D eigenvalue weighted by molar-refractivity contribution is 7.16. The summed E-state index contributed by atoms with van der Waals surface area (Å²) in [6, 6.07) is 4.16. The zero-order valence-electron chi connectivity index (χ0n) is 11.5. The average Bonchev–Trinajstić information content (AvgIpc) is 2.80. The number of carbonyl (C=O) groups is 2. The lowest BCUT2D eigenvalue weighted by Crippen LogP contribution is -2.15. The number of carbonyl (C=O) groups excluding carboxylic acids is 2. The minimum Gasteiger partial charge on any atom is -0.462 e. The third-order valence-electron chi connectivity index (χ3n) is 2.54. The monoisotopic (exact) mass is 307 g/mol. The molecule has 1 N–H and O–H groups in total. The molecule has 6 nitrogen and oxygen atoms in total. The lowest BCUT2D eigenvalue weighted by atomic mass is 10.2. The number of ether oxygens (including phenoxy) is 1. The second kappa shape index (κ2) is 6.36. The standard InChI is InChI=1S/C14H13NO5S/c1-3-19-14(18)10-6-8(2)21-13(10)15-12(17)9-4-5-11(16)20-7-9/h4-7H,3H2,1-2H3,(H,15,17). The maximum Gasteiger partial charge on any atom is 0.341 e. The first-order chi connectivity index (χ1) is 10.0. The van der Waals surface area contributed by atoms with Crippen LogP contribution in [-0.2, 0) is 4.74 Å². The van der Waals surface area contributed by atoms with Crippen LogP contribution in [0.3, 0.4) is 0 Å². The number of anilines is 1. The Hall–Kier alpha value is -2.41. The smallest absolute Gasteiger partial charge is 0.341 e. The second-order valence-electron chi connectivity index (χ2n) is 4.12. The Morgan fingerprint density at radius 1 is 1.38 bits per heavy atom. The molecule has 0 saturated carbocycles. The van der Waals surface area contributed by atoms with E-state index < -0.39 is 17.5 Å². The van der Waals surface area contributed by atoms with E-state index in [2.05, 4.69) is 9.73 Å². The van der Waals surface area contributed by atoms with Gasteiger partial charge < -0.3 is 14.5 Å². The highest BCUT2D eigenvalue weighted by Crippen LogP contribution is 2.28. The molecule has 1 amide bonds. The fourth-order valence-corrected chi connectivity index (χ4v) is 2.52. The fourth-order valence-electron chi connectivity index (χ4n) is 1.63. The summed E-state index contributed by atoms with van der Waals surface area (Å²) in [7, 11) is 0. The molecule has 2 aromatic heterocycles. The molecule has 2 heterocycles. The van der Waals surface area contributed by atoms with Gasteiger partial charge in [-0.2, -0.15) is 0 Å². The van der Waals surface area contributed by atoms with Crippen LogP contribution >= 0.6 is 11.3 Å². The zero-order valence-corrected chi connectivity index (χ0v) is 12.3. The summed E-state index contributed by atoms with van der Waals surface area (Å²) in [5, 5.41) is 3.03. The van der Waals surface area contributed by atoms with Crippen LogP contribution < -0.4 is 10.9 Å². The van der Waals surface area contributed by atoms with Crippen LogP contribution in [0.5, 0.6) is 0 Å². The van der Waals surface area contributed by atoms with E-state index in [4.69, 9.17) is 4.74 Å². The summed E-state index contributed by atoms with van der Waals surface area (Å²) < 4.78 is 9.58. The Morgan fingerprint density at radius 3 is 2.76 bits per heavy atom. The van der Waals surface area contributed by atoms with Gasteiger partial charge in [-0.15, -0.1) is 11.3 Å². The molecule has 0 aromatic carbocycles. The number of rotatable bonds is 4. The first-order valence-corrected chi connectivity index (χ1v) is 7.00. The van der Waals surface area contributed by atoms with E-state index in [1.807, 2.05) is 6.92 Å². The Balaban J connectivity index is 2.23. The van der Waals surface area contributed by atoms with Gasteiger partial charge in [0.2, 0.25) is 0 Å². The van der Waals surface area contributed by atoms with Crippen LogP contribution in [0.2, 0.25) is 0 Å². The van der Waals surface area contributed by atoms with Gasteiger partial charge in [0.25, 0.3) is 5.91 Å². The number of nitrogens with one attached hydrogen (secondary N) is 1. The maximum absolute atomic E-state index is 12.0. The van der Waals surface area contributed by atoms with E-state index >= 15 is 0 Å². The number of thiophene rings is 1. The summed E-state index contributed by atoms with van der Waals surface area (Å²) in [5.41, 5.74) is -0.0359. The molecule has 0 saturated heterocycles. The topological polar surface area (TPSA) is 85.6 Å². The molecule has 21 heavy (non-hydrogen) atoms. The summed E-state index contributed by atoms with van der Waals surface area (Å²) in [5.74, 6) is -0.956. The Kier molecular flexibility index (Phi) is 4.54. The molecular formula is C14H13NO5S. The van der Waals surface area contributed by atoms with Gasteiger partial charge in [0, 0.05) is 10.9 Å². The van der Waals surface area contributed by atoms with Crippen molar-refractivity contribution in [2.45, 2.75) is 13.8 Å². The lowest BCUT2D eigenvalue weighted by Gasteiger charge is -2.05. The average molecular weight is 307 g/mol. The number of esters is 1. The molecule has 2 aromatic rings. The van der Waals surface area contributed by atoms with E-state index in [1.165, 1.54) is 17.4 Å². The molecule has 110 valence electrons. The minimum atomic E-state index is -0.536. The molecule has 7 heteroatoms. The van der Waals surface area contributed by atoms with Crippen molar-refractivity contribution in [3.05, 3.63) is 50.9 Å². The van der Waals surface area contributed by atoms with Crippen molar-refractivity contribution in [3.8, 4) is 0 Å². The van der Waals surface area contributed by atoms with Crippen LogP contribution in [-0.4, -0.2) is 18.5 Å². The Bertz CT molecular complexity index is 711. The van der Waals surface area contributed by atoms with Crippen LogP contribution in [0.1, 0.15) is 32.5 Å². The van der Waals surface area contributed by atoms with E-state index in [0.717, 1.165) is 17.2 Å². The van der Waals surface area contributed by atoms with Gasteiger partial charge in [-0.1, -0.05) is 0 Å². The SMILES string of the molecule is CCOC(=O)c1cc(C)sc1NC(=O)c1ccc(=O)oc1. The van der Waals surface area contributed by atoms with Crippen LogP contribution in [0.25, 0.3) is 0 Å². The van der Waals surface area contributed by atoms with E-state index in [9.17, 15) is 14.4 Å². The van der Waals surface area contributed by atoms with Crippen LogP contribution in [0.15, 0.2) is 33.7 Å². The van der Waals surface area contributed by atoms with Gasteiger partial charge in [-0.25, -0.2) is 9.59 Å². The maximum atomic E-state index is 12.0. The van der Waals surface area contributed by atoms with Crippen LogP contribution in [0.4, 0.5) is 5.00 Å². The molecule has 2 rings (SSSR count). The van der Waals surface area contributed by atoms with Crippen molar-refractivity contribution in [2.75, 3.05) is 11.9 Å². The molecule has 0 bridgehead atoms. The molecule has 0 aliphatic carbocycles. The third kappa shape index (κ3) is 3.57. The van der Waals surface area contributed by atoms with Crippen molar-refractivity contribution in [1.82, 2.24) is 0 Å². The quantitative estimate of drug-likeness (QED) is 0.877. The highest BCUT2D eigenvalue weighted by atomic mass is 32.1. The van der Waals surface area contributed by atoms with Gasteiger partial charge in [-0.3, -0.25) is 4.79 Å². The molecule has 0 fully saturated rings. The highest BCUT2D eigenvalue weighted by Gasteiger charge is 2.18. The second-order valence-corrected chi connectivity index (χ2v) is 5.37. The van der Waals surface area contributed by atoms with Gasteiger partial charge in [0.1, 0.15) is 11.3 Å². The number of aryl methyl sites for hydroxylation is 1. The Labute approximate surface area is 124 Å². The van der Waals surface area contributed by atoms with Gasteiger partial charge >= 0.3 is 11.6 Å². The van der Waals surface area contributed by atoms with Gasteiger partial charge in [0.15, 0.2) is 0 Å². The van der Waals surface area contributed by atoms with Gasteiger partial charge in [0.05, 0.1) is 17.7 Å². The zero-order chi connectivity index (χ0) is 15.4. The van der Waals surface area contributed by atoms with E-state index in [1.54, 1.807) is 13.0 Å². The summed E-state index contributed by atoms with van der Waals surface area (Å²) in [6.07, 6.45) is 1.07. The minimum absolute atomic E-state index is 0.190. The van der Waals surface area contributed by atoms with E-state index in [0.29, 0.717) is 10.6 Å². The van der Waals surface area contributed by atoms with Crippen LogP contribution in [0, 0.1) is 6.92 Å². The van der Waals surface area contributed by atoms with Crippen molar-refractivity contribution in [3.63, 3.8) is 0 Å². The normalized spacial score (nSPS) is 10.2. The van der Waals surface area contributed by atoms with Crippen molar-refractivity contribution in [1.29, 1.82) is 0 Å². The number of hydrogen-bond acceptors (Lipinski definition) is 6.